The summed E-state index contributed by atoms with van der Waals surface area (Å²) in [5, 5.41) is 12.2. The number of aryl methyl sites for hydroxylation is 1. The standard InChI is InChI=1S/C12H17N3/c1-9-3-11(9)7-14-6-10-4-12(5-13)15(2)8-10/h4,8-9,11,14H,3,6-7H2,1-2H3. The lowest BCUT2D eigenvalue weighted by Crippen LogP contribution is -2.16. The third-order valence-corrected chi connectivity index (χ3v) is 3.19. The lowest BCUT2D eigenvalue weighted by Gasteiger charge is -2.00. The molecular formula is C12H17N3. The average Bonchev–Trinajstić information content (AvgIpc) is 2.76. The van der Waals surface area contributed by atoms with Crippen molar-refractivity contribution in [2.75, 3.05) is 6.54 Å². The second kappa shape index (κ2) is 4.08. The third kappa shape index (κ3) is 2.40. The Bertz CT molecular complexity index is 386. The highest BCUT2D eigenvalue weighted by molar-refractivity contribution is 5.28. The van der Waals surface area contributed by atoms with Crippen LogP contribution in [0.4, 0.5) is 0 Å². The molecule has 2 atom stereocenters. The van der Waals surface area contributed by atoms with Crippen LogP contribution < -0.4 is 5.32 Å². The fourth-order valence-corrected chi connectivity index (χ4v) is 1.93. The first kappa shape index (κ1) is 10.3. The van der Waals surface area contributed by atoms with Crippen LogP contribution in [0, 0.1) is 23.2 Å². The third-order valence-electron chi connectivity index (χ3n) is 3.19. The maximum Gasteiger partial charge on any atom is 0.120 e. The predicted molar refractivity (Wildman–Crippen MR) is 59.1 cm³/mol. The summed E-state index contributed by atoms with van der Waals surface area (Å²) < 4.78 is 1.87. The summed E-state index contributed by atoms with van der Waals surface area (Å²) in [5.41, 5.74) is 1.92. The lowest BCUT2D eigenvalue weighted by atomic mass is 10.3. The predicted octanol–water partition coefficient (Wildman–Crippen LogP) is 1.64. The van der Waals surface area contributed by atoms with Gasteiger partial charge in [-0.3, -0.25) is 0 Å². The van der Waals surface area contributed by atoms with Crippen LogP contribution in [0.2, 0.25) is 0 Å². The molecule has 1 fully saturated rings. The molecule has 1 heterocycles. The van der Waals surface area contributed by atoms with E-state index in [1.54, 1.807) is 0 Å². The number of rotatable bonds is 4. The molecule has 80 valence electrons. The number of aromatic nitrogens is 1. The molecule has 1 aliphatic rings. The Balaban J connectivity index is 1.80. The fourth-order valence-electron chi connectivity index (χ4n) is 1.93. The fraction of sp³-hybridized carbons (Fsp3) is 0.583. The first-order valence-corrected chi connectivity index (χ1v) is 5.46. The molecular weight excluding hydrogens is 186 g/mol. The van der Waals surface area contributed by atoms with E-state index in [4.69, 9.17) is 5.26 Å². The highest BCUT2D eigenvalue weighted by atomic mass is 14.9. The minimum absolute atomic E-state index is 0.728. The molecule has 1 N–H and O–H groups in total. The SMILES string of the molecule is CC1CC1CNCc1cc(C#N)n(C)c1. The Morgan fingerprint density at radius 1 is 1.67 bits per heavy atom. The van der Waals surface area contributed by atoms with E-state index in [1.165, 1.54) is 12.0 Å². The van der Waals surface area contributed by atoms with Crippen molar-refractivity contribution in [2.45, 2.75) is 19.9 Å². The van der Waals surface area contributed by atoms with Crippen LogP contribution in [0.25, 0.3) is 0 Å². The van der Waals surface area contributed by atoms with Crippen molar-refractivity contribution in [1.29, 1.82) is 5.26 Å². The Hall–Kier alpha value is -1.27. The quantitative estimate of drug-likeness (QED) is 0.808. The van der Waals surface area contributed by atoms with Crippen molar-refractivity contribution in [3.05, 3.63) is 23.5 Å². The molecule has 0 amide bonds. The zero-order valence-corrected chi connectivity index (χ0v) is 9.33. The maximum absolute atomic E-state index is 8.80. The molecule has 15 heavy (non-hydrogen) atoms. The van der Waals surface area contributed by atoms with Gasteiger partial charge in [-0.25, -0.2) is 0 Å². The van der Waals surface area contributed by atoms with Crippen molar-refractivity contribution in [3.8, 4) is 6.07 Å². The van der Waals surface area contributed by atoms with Crippen LogP contribution in [0.1, 0.15) is 24.6 Å². The smallest absolute Gasteiger partial charge is 0.120 e. The Morgan fingerprint density at radius 2 is 2.40 bits per heavy atom. The van der Waals surface area contributed by atoms with Crippen molar-refractivity contribution >= 4 is 0 Å². The van der Waals surface area contributed by atoms with Gasteiger partial charge in [0.25, 0.3) is 0 Å². The van der Waals surface area contributed by atoms with Gasteiger partial charge < -0.3 is 9.88 Å². The molecule has 0 aromatic carbocycles. The molecule has 2 rings (SSSR count). The van der Waals surface area contributed by atoms with E-state index < -0.39 is 0 Å². The van der Waals surface area contributed by atoms with E-state index in [2.05, 4.69) is 18.3 Å². The van der Waals surface area contributed by atoms with Gasteiger partial charge in [-0.1, -0.05) is 6.92 Å². The molecule has 2 unspecified atom stereocenters. The van der Waals surface area contributed by atoms with Crippen molar-refractivity contribution in [2.24, 2.45) is 18.9 Å². The zero-order chi connectivity index (χ0) is 10.8. The Labute approximate surface area is 90.7 Å². The normalized spacial score (nSPS) is 23.8. The zero-order valence-electron chi connectivity index (χ0n) is 9.33. The Kier molecular flexibility index (Phi) is 2.79. The summed E-state index contributed by atoms with van der Waals surface area (Å²) in [6, 6.07) is 4.12. The number of hydrogen-bond acceptors (Lipinski definition) is 2. The van der Waals surface area contributed by atoms with Gasteiger partial charge in [0, 0.05) is 19.8 Å². The number of nitriles is 1. The molecule has 0 spiro atoms. The molecule has 0 radical (unpaired) electrons. The summed E-state index contributed by atoms with van der Waals surface area (Å²) >= 11 is 0. The van der Waals surface area contributed by atoms with Crippen LogP contribution in [0.5, 0.6) is 0 Å². The van der Waals surface area contributed by atoms with Gasteiger partial charge >= 0.3 is 0 Å². The summed E-state index contributed by atoms with van der Waals surface area (Å²) in [6.07, 6.45) is 3.38. The molecule has 0 bridgehead atoms. The van der Waals surface area contributed by atoms with Crippen LogP contribution in [-0.2, 0) is 13.6 Å². The Morgan fingerprint density at radius 3 is 2.93 bits per heavy atom. The van der Waals surface area contributed by atoms with Gasteiger partial charge in [-0.15, -0.1) is 0 Å². The van der Waals surface area contributed by atoms with Gasteiger partial charge in [-0.05, 0) is 36.4 Å². The minimum atomic E-state index is 0.728. The van der Waals surface area contributed by atoms with Gasteiger partial charge in [0.2, 0.25) is 0 Å². The van der Waals surface area contributed by atoms with Crippen LogP contribution in [0.3, 0.4) is 0 Å². The van der Waals surface area contributed by atoms with E-state index >= 15 is 0 Å². The molecule has 0 saturated heterocycles. The van der Waals surface area contributed by atoms with E-state index in [0.717, 1.165) is 30.6 Å². The molecule has 1 aliphatic carbocycles. The van der Waals surface area contributed by atoms with E-state index in [1.807, 2.05) is 23.9 Å². The van der Waals surface area contributed by atoms with Gasteiger partial charge in [0.15, 0.2) is 0 Å². The second-order valence-electron chi connectivity index (χ2n) is 4.56. The summed E-state index contributed by atoms with van der Waals surface area (Å²) in [7, 11) is 1.91. The van der Waals surface area contributed by atoms with Gasteiger partial charge in [-0.2, -0.15) is 5.26 Å². The minimum Gasteiger partial charge on any atom is -0.342 e. The van der Waals surface area contributed by atoms with E-state index in [-0.39, 0.29) is 0 Å². The van der Waals surface area contributed by atoms with Crippen molar-refractivity contribution in [3.63, 3.8) is 0 Å². The largest absolute Gasteiger partial charge is 0.342 e. The van der Waals surface area contributed by atoms with Crippen LogP contribution in [0.15, 0.2) is 12.3 Å². The number of nitrogens with one attached hydrogen (secondary N) is 1. The van der Waals surface area contributed by atoms with Crippen molar-refractivity contribution < 1.29 is 0 Å². The van der Waals surface area contributed by atoms with E-state index in [0.29, 0.717) is 0 Å². The number of nitrogens with zero attached hydrogens (tertiary/aromatic N) is 2. The number of hydrogen-bond donors (Lipinski definition) is 1. The highest BCUT2D eigenvalue weighted by Gasteiger charge is 2.31. The molecule has 3 nitrogen and oxygen atoms in total. The molecule has 1 saturated carbocycles. The van der Waals surface area contributed by atoms with Gasteiger partial charge in [0.05, 0.1) is 0 Å². The first-order chi connectivity index (χ1) is 7.20. The first-order valence-electron chi connectivity index (χ1n) is 5.46. The maximum atomic E-state index is 8.80. The van der Waals surface area contributed by atoms with E-state index in [9.17, 15) is 0 Å². The molecule has 1 aromatic heterocycles. The summed E-state index contributed by atoms with van der Waals surface area (Å²) in [4.78, 5) is 0. The van der Waals surface area contributed by atoms with Crippen LogP contribution in [-0.4, -0.2) is 11.1 Å². The molecule has 3 heteroatoms. The highest BCUT2D eigenvalue weighted by Crippen LogP contribution is 2.36. The molecule has 0 aliphatic heterocycles. The average molecular weight is 203 g/mol. The van der Waals surface area contributed by atoms with Gasteiger partial charge in [0.1, 0.15) is 11.8 Å². The summed E-state index contributed by atoms with van der Waals surface area (Å²) in [5.74, 6) is 1.78. The van der Waals surface area contributed by atoms with Crippen molar-refractivity contribution in [1.82, 2.24) is 9.88 Å². The second-order valence-corrected chi connectivity index (χ2v) is 4.56. The van der Waals surface area contributed by atoms with Crippen LogP contribution >= 0.6 is 0 Å². The topological polar surface area (TPSA) is 40.8 Å². The lowest BCUT2D eigenvalue weighted by molar-refractivity contribution is 0.611. The summed E-state index contributed by atoms with van der Waals surface area (Å²) in [6.45, 7) is 4.28. The monoisotopic (exact) mass is 203 g/mol. The molecule has 1 aromatic rings.